The van der Waals surface area contributed by atoms with Gasteiger partial charge in [0.05, 0.1) is 12.6 Å². The van der Waals surface area contributed by atoms with Crippen molar-refractivity contribution < 1.29 is 9.84 Å². The van der Waals surface area contributed by atoms with Gasteiger partial charge in [0.15, 0.2) is 0 Å². The fourth-order valence-corrected chi connectivity index (χ4v) is 3.83. The van der Waals surface area contributed by atoms with Crippen LogP contribution in [0.4, 0.5) is 0 Å². The molecule has 2 aromatic rings. The van der Waals surface area contributed by atoms with Gasteiger partial charge in [-0.05, 0) is 50.5 Å². The molecule has 0 spiro atoms. The zero-order valence-electron chi connectivity index (χ0n) is 11.4. The molecule has 0 saturated heterocycles. The number of hydrogen-bond acceptors (Lipinski definition) is 4. The molecule has 1 N–H and O–H groups in total. The van der Waals surface area contributed by atoms with Crippen molar-refractivity contribution in [2.24, 2.45) is 0 Å². The Morgan fingerprint density at radius 2 is 2.21 bits per heavy atom. The first kappa shape index (κ1) is 12.8. The number of aromatic nitrogens is 1. The van der Waals surface area contributed by atoms with Gasteiger partial charge in [0.2, 0.25) is 0 Å². The van der Waals surface area contributed by atoms with Gasteiger partial charge in [0.25, 0.3) is 0 Å². The first-order chi connectivity index (χ1) is 9.00. The largest absolute Gasteiger partial charge is 0.497 e. The summed E-state index contributed by atoms with van der Waals surface area (Å²) in [6, 6.07) is 5.91. The Labute approximate surface area is 117 Å². The molecule has 19 heavy (non-hydrogen) atoms. The summed E-state index contributed by atoms with van der Waals surface area (Å²) < 4.78 is 5.30. The standard InChI is InChI=1S/C15H17NO2S/c1-9-11-6-7-15(2,17)19-14(11)12-8-10(18-3)4-5-13(12)16-9/h4-5,8,17H,6-7H2,1-3H3. The maximum atomic E-state index is 10.3. The molecular formula is C15H17NO2S. The van der Waals surface area contributed by atoms with E-state index in [2.05, 4.69) is 4.98 Å². The van der Waals surface area contributed by atoms with E-state index in [4.69, 9.17) is 4.74 Å². The zero-order chi connectivity index (χ0) is 13.6. The summed E-state index contributed by atoms with van der Waals surface area (Å²) in [4.78, 5) is 5.11. The highest BCUT2D eigenvalue weighted by Crippen LogP contribution is 2.45. The number of aliphatic hydroxyl groups is 1. The number of methoxy groups -OCH3 is 1. The maximum Gasteiger partial charge on any atom is 0.119 e. The Balaban J connectivity index is 2.29. The van der Waals surface area contributed by atoms with E-state index < -0.39 is 4.93 Å². The van der Waals surface area contributed by atoms with E-state index in [0.29, 0.717) is 0 Å². The van der Waals surface area contributed by atoms with E-state index in [1.54, 1.807) is 7.11 Å². The van der Waals surface area contributed by atoms with Crippen molar-refractivity contribution in [2.45, 2.75) is 36.5 Å². The van der Waals surface area contributed by atoms with Crippen LogP contribution < -0.4 is 4.74 Å². The van der Waals surface area contributed by atoms with Gasteiger partial charge in [-0.25, -0.2) is 0 Å². The molecule has 100 valence electrons. The fraction of sp³-hybridized carbons (Fsp3) is 0.400. The van der Waals surface area contributed by atoms with Gasteiger partial charge >= 0.3 is 0 Å². The molecule has 0 radical (unpaired) electrons. The smallest absolute Gasteiger partial charge is 0.119 e. The fourth-order valence-electron chi connectivity index (χ4n) is 2.54. The summed E-state index contributed by atoms with van der Waals surface area (Å²) in [6.07, 6.45) is 1.64. The number of rotatable bonds is 1. The van der Waals surface area contributed by atoms with Crippen LogP contribution in [0.2, 0.25) is 0 Å². The van der Waals surface area contributed by atoms with Gasteiger partial charge in [-0.15, -0.1) is 0 Å². The molecular weight excluding hydrogens is 258 g/mol. The monoisotopic (exact) mass is 275 g/mol. The summed E-state index contributed by atoms with van der Waals surface area (Å²) in [5.41, 5.74) is 3.29. The van der Waals surface area contributed by atoms with E-state index in [-0.39, 0.29) is 0 Å². The molecule has 1 atom stereocenters. The van der Waals surface area contributed by atoms with Gasteiger partial charge in [0, 0.05) is 16.0 Å². The lowest BCUT2D eigenvalue weighted by molar-refractivity contribution is 0.145. The average Bonchev–Trinajstić information content (AvgIpc) is 2.37. The molecule has 1 aliphatic heterocycles. The predicted molar refractivity (Wildman–Crippen MR) is 77.8 cm³/mol. The van der Waals surface area contributed by atoms with Crippen molar-refractivity contribution in [2.75, 3.05) is 7.11 Å². The van der Waals surface area contributed by atoms with Crippen LogP contribution in [-0.4, -0.2) is 22.1 Å². The van der Waals surface area contributed by atoms with Crippen molar-refractivity contribution in [3.05, 3.63) is 29.5 Å². The molecule has 1 unspecified atom stereocenters. The van der Waals surface area contributed by atoms with Crippen molar-refractivity contribution in [1.82, 2.24) is 4.98 Å². The number of aryl methyl sites for hydroxylation is 1. The highest BCUT2D eigenvalue weighted by Gasteiger charge is 2.30. The van der Waals surface area contributed by atoms with E-state index in [1.807, 2.05) is 32.0 Å². The second kappa shape index (κ2) is 4.39. The Kier molecular flexibility index (Phi) is 2.95. The summed E-state index contributed by atoms with van der Waals surface area (Å²) in [6.45, 7) is 3.92. The highest BCUT2D eigenvalue weighted by molar-refractivity contribution is 8.00. The third-order valence-corrected chi connectivity index (χ3v) is 4.92. The number of fused-ring (bicyclic) bond motifs is 3. The third kappa shape index (κ3) is 2.19. The Bertz CT molecular complexity index is 652. The Morgan fingerprint density at radius 3 is 2.95 bits per heavy atom. The van der Waals surface area contributed by atoms with Crippen molar-refractivity contribution in [3.8, 4) is 5.75 Å². The lowest BCUT2D eigenvalue weighted by Crippen LogP contribution is -2.24. The quantitative estimate of drug-likeness (QED) is 0.867. The molecule has 1 aromatic heterocycles. The lowest BCUT2D eigenvalue weighted by atomic mass is 10.0. The molecule has 0 amide bonds. The SMILES string of the molecule is COc1ccc2nc(C)c3c(c2c1)SC(C)(O)CC3. The summed E-state index contributed by atoms with van der Waals surface area (Å²) >= 11 is 1.54. The Morgan fingerprint density at radius 1 is 1.42 bits per heavy atom. The lowest BCUT2D eigenvalue weighted by Gasteiger charge is -2.30. The van der Waals surface area contributed by atoms with Crippen molar-refractivity contribution in [3.63, 3.8) is 0 Å². The maximum absolute atomic E-state index is 10.3. The number of ether oxygens (including phenoxy) is 1. The molecule has 3 nitrogen and oxygen atoms in total. The summed E-state index contributed by atoms with van der Waals surface area (Å²) in [7, 11) is 1.67. The number of benzene rings is 1. The van der Waals surface area contributed by atoms with Crippen molar-refractivity contribution >= 4 is 22.7 Å². The third-order valence-electron chi connectivity index (χ3n) is 3.61. The van der Waals surface area contributed by atoms with Gasteiger partial charge in [-0.1, -0.05) is 11.8 Å². The van der Waals surface area contributed by atoms with E-state index in [1.165, 1.54) is 17.3 Å². The minimum atomic E-state index is -0.698. The van der Waals surface area contributed by atoms with Gasteiger partial charge in [0.1, 0.15) is 10.7 Å². The molecule has 0 saturated carbocycles. The number of pyridine rings is 1. The van der Waals surface area contributed by atoms with Gasteiger partial charge in [-0.3, -0.25) is 4.98 Å². The predicted octanol–water partition coefficient (Wildman–Crippen LogP) is 3.30. The van der Waals surface area contributed by atoms with Gasteiger partial charge < -0.3 is 9.84 Å². The first-order valence-electron chi connectivity index (χ1n) is 6.39. The molecule has 4 heteroatoms. The molecule has 3 rings (SSSR count). The van der Waals surface area contributed by atoms with E-state index in [9.17, 15) is 5.11 Å². The minimum absolute atomic E-state index is 0.698. The molecule has 1 aromatic carbocycles. The molecule has 2 heterocycles. The van der Waals surface area contributed by atoms with Crippen LogP contribution in [0, 0.1) is 6.92 Å². The first-order valence-corrected chi connectivity index (χ1v) is 7.20. The van der Waals surface area contributed by atoms with Crippen LogP contribution >= 0.6 is 11.8 Å². The van der Waals surface area contributed by atoms with Crippen LogP contribution in [0.1, 0.15) is 24.6 Å². The van der Waals surface area contributed by atoms with Crippen molar-refractivity contribution in [1.29, 1.82) is 0 Å². The average molecular weight is 275 g/mol. The second-order valence-corrected chi connectivity index (χ2v) is 6.66. The molecule has 1 aliphatic rings. The zero-order valence-corrected chi connectivity index (χ0v) is 12.2. The minimum Gasteiger partial charge on any atom is -0.497 e. The highest BCUT2D eigenvalue weighted by atomic mass is 32.2. The van der Waals surface area contributed by atoms with Gasteiger partial charge in [-0.2, -0.15) is 0 Å². The number of nitrogens with zero attached hydrogens (tertiary/aromatic N) is 1. The second-order valence-electron chi connectivity index (χ2n) is 5.17. The topological polar surface area (TPSA) is 42.4 Å². The van der Waals surface area contributed by atoms with Crippen LogP contribution in [0.25, 0.3) is 10.9 Å². The number of thioether (sulfide) groups is 1. The molecule has 0 aliphatic carbocycles. The van der Waals surface area contributed by atoms with Crippen LogP contribution in [0.5, 0.6) is 5.75 Å². The summed E-state index contributed by atoms with van der Waals surface area (Å²) in [5.74, 6) is 0.825. The molecule has 0 fully saturated rings. The van der Waals surface area contributed by atoms with Crippen LogP contribution in [0.15, 0.2) is 23.1 Å². The Hall–Kier alpha value is -1.26. The summed E-state index contributed by atoms with van der Waals surface area (Å²) in [5, 5.41) is 11.4. The number of hydrogen-bond donors (Lipinski definition) is 1. The van der Waals surface area contributed by atoms with E-state index >= 15 is 0 Å². The van der Waals surface area contributed by atoms with Crippen LogP contribution in [0.3, 0.4) is 0 Å². The normalized spacial score (nSPS) is 22.3. The molecule has 0 bridgehead atoms. The van der Waals surface area contributed by atoms with Crippen LogP contribution in [-0.2, 0) is 6.42 Å². The van der Waals surface area contributed by atoms with E-state index in [0.717, 1.165) is 40.1 Å².